The van der Waals surface area contributed by atoms with Crippen molar-refractivity contribution in [1.82, 2.24) is 0 Å². The molecule has 1 aromatic carbocycles. The number of rotatable bonds is 10. The highest BCUT2D eigenvalue weighted by Gasteiger charge is 2.55. The monoisotopic (exact) mass is 344 g/mol. The highest BCUT2D eigenvalue weighted by molar-refractivity contribution is 7.47. The molecule has 8 heteroatoms. The van der Waals surface area contributed by atoms with Crippen LogP contribution in [0.1, 0.15) is 18.9 Å². The van der Waals surface area contributed by atoms with Crippen LogP contribution in [0.4, 0.5) is 0 Å². The van der Waals surface area contributed by atoms with Crippen LogP contribution in [0.15, 0.2) is 30.3 Å². The van der Waals surface area contributed by atoms with Crippen LogP contribution in [0.3, 0.4) is 0 Å². The van der Waals surface area contributed by atoms with Crippen LogP contribution in [0.5, 0.6) is 0 Å². The number of epoxide rings is 2. The van der Waals surface area contributed by atoms with Crippen LogP contribution in [0, 0.1) is 0 Å². The second-order valence-corrected chi connectivity index (χ2v) is 6.89. The predicted octanol–water partition coefficient (Wildman–Crippen LogP) is 2.20. The molecule has 2 heterocycles. The number of hydrogen-bond donors (Lipinski definition) is 1. The van der Waals surface area contributed by atoms with Crippen molar-refractivity contribution in [1.29, 1.82) is 0 Å². The third-order valence-electron chi connectivity index (χ3n) is 3.53. The summed E-state index contributed by atoms with van der Waals surface area (Å²) in [6.07, 6.45) is 0.147. The summed E-state index contributed by atoms with van der Waals surface area (Å²) in [5.41, 5.74) is 0.622. The fourth-order valence-corrected chi connectivity index (χ4v) is 3.26. The van der Waals surface area contributed by atoms with E-state index in [1.807, 2.05) is 25.1 Å². The van der Waals surface area contributed by atoms with E-state index in [0.29, 0.717) is 25.4 Å². The van der Waals surface area contributed by atoms with Crippen molar-refractivity contribution in [3.8, 4) is 0 Å². The molecular formula is C15H21O7P. The van der Waals surface area contributed by atoms with E-state index in [4.69, 9.17) is 23.3 Å². The third kappa shape index (κ3) is 4.39. The minimum Gasteiger partial charge on any atom is -0.371 e. The molecular weight excluding hydrogens is 323 g/mol. The van der Waals surface area contributed by atoms with Crippen molar-refractivity contribution in [3.05, 3.63) is 35.9 Å². The molecule has 1 N–H and O–H groups in total. The van der Waals surface area contributed by atoms with E-state index in [1.54, 1.807) is 12.1 Å². The van der Waals surface area contributed by atoms with Gasteiger partial charge in [-0.1, -0.05) is 37.3 Å². The first kappa shape index (κ1) is 17.0. The van der Waals surface area contributed by atoms with Crippen LogP contribution in [0.25, 0.3) is 0 Å². The number of benzene rings is 1. The molecule has 0 amide bonds. The van der Waals surface area contributed by atoms with E-state index in [-0.39, 0.29) is 12.7 Å². The maximum absolute atomic E-state index is 12.4. The van der Waals surface area contributed by atoms with Gasteiger partial charge in [-0.05, 0) is 6.42 Å². The Hall–Kier alpha value is -0.790. The Morgan fingerprint density at radius 1 is 1.30 bits per heavy atom. The topological polar surface area (TPSA) is 90.1 Å². The fraction of sp³-hybridized carbons (Fsp3) is 0.600. The van der Waals surface area contributed by atoms with Gasteiger partial charge in [0.15, 0.2) is 0 Å². The lowest BCUT2D eigenvalue weighted by Crippen LogP contribution is -2.39. The summed E-state index contributed by atoms with van der Waals surface area (Å²) in [6, 6.07) is 9.03. The first-order valence-corrected chi connectivity index (χ1v) is 9.16. The first-order valence-electron chi connectivity index (χ1n) is 7.66. The Bertz CT molecular complexity index is 558. The minimum absolute atomic E-state index is 0.0119. The molecule has 128 valence electrons. The van der Waals surface area contributed by atoms with Gasteiger partial charge in [-0.15, -0.1) is 0 Å². The number of hydrogen-bond acceptors (Lipinski definition) is 6. The fourth-order valence-electron chi connectivity index (χ4n) is 2.23. The van der Waals surface area contributed by atoms with E-state index in [9.17, 15) is 9.46 Å². The summed E-state index contributed by atoms with van der Waals surface area (Å²) >= 11 is 0. The normalized spacial score (nSPS) is 27.9. The van der Waals surface area contributed by atoms with Crippen LogP contribution < -0.4 is 0 Å². The van der Waals surface area contributed by atoms with Gasteiger partial charge in [0.1, 0.15) is 12.2 Å². The molecule has 4 atom stereocenters. The van der Waals surface area contributed by atoms with E-state index in [2.05, 4.69) is 0 Å². The maximum atomic E-state index is 12.4. The number of phosphoric ester groups is 1. The smallest absolute Gasteiger partial charge is 0.371 e. The highest BCUT2D eigenvalue weighted by Crippen LogP contribution is 2.54. The van der Waals surface area contributed by atoms with Crippen LogP contribution in [-0.4, -0.2) is 43.5 Å². The van der Waals surface area contributed by atoms with Crippen LogP contribution in [0.2, 0.25) is 0 Å². The third-order valence-corrected chi connectivity index (χ3v) is 4.51. The Morgan fingerprint density at radius 3 is 2.57 bits per heavy atom. The Kier molecular flexibility index (Phi) is 5.18. The number of phosphoric acid groups is 1. The van der Waals surface area contributed by atoms with Crippen molar-refractivity contribution in [2.75, 3.05) is 26.4 Å². The lowest BCUT2D eigenvalue weighted by Gasteiger charge is -2.33. The second-order valence-electron chi connectivity index (χ2n) is 5.51. The van der Waals surface area contributed by atoms with Gasteiger partial charge in [-0.3, -0.25) is 4.52 Å². The Morgan fingerprint density at radius 2 is 2.00 bits per heavy atom. The van der Waals surface area contributed by atoms with Gasteiger partial charge < -0.3 is 19.1 Å². The quantitative estimate of drug-likeness (QED) is 0.395. The molecule has 4 unspecified atom stereocenters. The summed E-state index contributed by atoms with van der Waals surface area (Å²) in [5.74, 6) is -1.45. The molecule has 2 aliphatic heterocycles. The second kappa shape index (κ2) is 6.99. The number of ether oxygens (including phenoxy) is 3. The zero-order valence-corrected chi connectivity index (χ0v) is 13.8. The van der Waals surface area contributed by atoms with Crippen molar-refractivity contribution in [2.24, 2.45) is 0 Å². The molecule has 1 aromatic rings. The average molecular weight is 344 g/mol. The SMILES string of the molecule is CCCOC(OP(=O)(O)OCC1CO1)(c1ccccc1)C1CO1. The van der Waals surface area contributed by atoms with Gasteiger partial charge in [-0.25, -0.2) is 9.09 Å². The van der Waals surface area contributed by atoms with Gasteiger partial charge in [-0.2, -0.15) is 0 Å². The van der Waals surface area contributed by atoms with E-state index < -0.39 is 19.7 Å². The first-order chi connectivity index (χ1) is 11.1. The zero-order valence-electron chi connectivity index (χ0n) is 12.9. The Balaban J connectivity index is 1.82. The molecule has 2 aliphatic rings. The maximum Gasteiger partial charge on any atom is 0.475 e. The van der Waals surface area contributed by atoms with E-state index in [0.717, 1.165) is 6.42 Å². The van der Waals surface area contributed by atoms with Crippen molar-refractivity contribution in [3.63, 3.8) is 0 Å². The molecule has 0 spiro atoms. The van der Waals surface area contributed by atoms with Gasteiger partial charge in [0.25, 0.3) is 0 Å². The summed E-state index contributed by atoms with van der Waals surface area (Å²) in [5, 5.41) is 0. The molecule has 0 bridgehead atoms. The molecule has 2 fully saturated rings. The standard InChI is InChI=1S/C15H21O7P/c1-2-8-20-15(14-11-19-14,12-6-4-3-5-7-12)22-23(16,17)21-10-13-9-18-13/h3-7,13-14H,2,8-11H2,1H3,(H,16,17). The summed E-state index contributed by atoms with van der Waals surface area (Å²) in [4.78, 5) is 10.1. The van der Waals surface area contributed by atoms with E-state index in [1.165, 1.54) is 0 Å². The van der Waals surface area contributed by atoms with Gasteiger partial charge in [0.05, 0.1) is 26.4 Å². The molecule has 3 rings (SSSR count). The lowest BCUT2D eigenvalue weighted by molar-refractivity contribution is -0.215. The predicted molar refractivity (Wildman–Crippen MR) is 80.7 cm³/mol. The molecule has 0 aliphatic carbocycles. The lowest BCUT2D eigenvalue weighted by atomic mass is 10.0. The van der Waals surface area contributed by atoms with E-state index >= 15 is 0 Å². The molecule has 0 aromatic heterocycles. The summed E-state index contributed by atoms with van der Waals surface area (Å²) in [7, 11) is -4.33. The zero-order chi connectivity index (χ0) is 16.3. The van der Waals surface area contributed by atoms with Gasteiger partial charge >= 0.3 is 7.82 Å². The van der Waals surface area contributed by atoms with Crippen molar-refractivity contribution < 1.29 is 32.7 Å². The Labute approximate surface area is 135 Å². The summed E-state index contributed by atoms with van der Waals surface area (Å²) < 4.78 is 39.0. The average Bonchev–Trinajstić information content (AvgIpc) is 3.42. The van der Waals surface area contributed by atoms with Gasteiger partial charge in [0.2, 0.25) is 5.79 Å². The largest absolute Gasteiger partial charge is 0.475 e. The molecule has 0 radical (unpaired) electrons. The highest BCUT2D eigenvalue weighted by atomic mass is 31.2. The van der Waals surface area contributed by atoms with Gasteiger partial charge in [0, 0.05) is 5.56 Å². The molecule has 7 nitrogen and oxygen atoms in total. The van der Waals surface area contributed by atoms with Crippen molar-refractivity contribution >= 4 is 7.82 Å². The minimum atomic E-state index is -4.33. The molecule has 23 heavy (non-hydrogen) atoms. The van der Waals surface area contributed by atoms with Crippen molar-refractivity contribution in [2.45, 2.75) is 31.3 Å². The molecule has 0 saturated carbocycles. The molecule has 2 saturated heterocycles. The van der Waals surface area contributed by atoms with Crippen LogP contribution >= 0.6 is 7.82 Å². The summed E-state index contributed by atoms with van der Waals surface area (Å²) in [6.45, 7) is 3.24. The van der Waals surface area contributed by atoms with Crippen LogP contribution in [-0.2, 0) is 33.6 Å².